The van der Waals surface area contributed by atoms with E-state index in [-0.39, 0.29) is 17.9 Å². The number of carbonyl (C=O) groups excluding carboxylic acids is 1. The van der Waals surface area contributed by atoms with Crippen molar-refractivity contribution in [1.82, 2.24) is 4.90 Å². The van der Waals surface area contributed by atoms with Gasteiger partial charge in [0.25, 0.3) is 0 Å². The molecule has 1 unspecified atom stereocenters. The Bertz CT molecular complexity index is 662. The number of piperidine rings is 2. The van der Waals surface area contributed by atoms with Crippen molar-refractivity contribution in [2.75, 3.05) is 43.4 Å². The number of hydrogen-bond donors (Lipinski definition) is 2. The molecule has 0 aliphatic carbocycles. The topological polar surface area (TPSA) is 79.6 Å². The van der Waals surface area contributed by atoms with Gasteiger partial charge in [-0.25, -0.2) is 0 Å². The fourth-order valence-electron chi connectivity index (χ4n) is 3.71. The quantitative estimate of drug-likeness (QED) is 0.876. The molecule has 6 heteroatoms. The molecule has 1 atom stereocenters. The maximum Gasteiger partial charge on any atom is 0.228 e. The summed E-state index contributed by atoms with van der Waals surface area (Å²) < 4.78 is 0. The van der Waals surface area contributed by atoms with Crippen molar-refractivity contribution in [3.05, 3.63) is 23.8 Å². The molecule has 2 heterocycles. The Morgan fingerprint density at radius 2 is 2.04 bits per heavy atom. The third-order valence-electron chi connectivity index (χ3n) is 5.18. The van der Waals surface area contributed by atoms with Gasteiger partial charge in [0, 0.05) is 25.3 Å². The van der Waals surface area contributed by atoms with Gasteiger partial charge in [-0.1, -0.05) is 0 Å². The van der Waals surface area contributed by atoms with E-state index < -0.39 is 0 Å². The Hall–Kier alpha value is -2.10. The number of rotatable bonds is 3. The average molecular weight is 342 g/mol. The van der Waals surface area contributed by atoms with E-state index in [2.05, 4.69) is 21.2 Å². The van der Waals surface area contributed by atoms with E-state index in [9.17, 15) is 15.2 Å². The largest absolute Gasteiger partial charge is 0.393 e. The number of benzene rings is 1. The molecular formula is C19H26N4O2. The number of anilines is 2. The smallest absolute Gasteiger partial charge is 0.228 e. The van der Waals surface area contributed by atoms with E-state index in [1.54, 1.807) is 6.07 Å². The molecule has 0 spiro atoms. The lowest BCUT2D eigenvalue weighted by atomic mass is 9.97. The normalized spacial score (nSPS) is 22.4. The second-order valence-corrected chi connectivity index (χ2v) is 7.15. The first-order valence-corrected chi connectivity index (χ1v) is 9.03. The maximum absolute atomic E-state index is 12.5. The molecule has 2 aliphatic heterocycles. The molecule has 3 rings (SSSR count). The molecule has 2 aliphatic rings. The fraction of sp³-hybridized carbons (Fsp3) is 0.579. The van der Waals surface area contributed by atoms with E-state index in [0.29, 0.717) is 11.3 Å². The van der Waals surface area contributed by atoms with Gasteiger partial charge in [-0.3, -0.25) is 4.79 Å². The number of likely N-dealkylation sites (tertiary alicyclic amines) is 1. The summed E-state index contributed by atoms with van der Waals surface area (Å²) in [6.45, 7) is 3.32. The van der Waals surface area contributed by atoms with Crippen LogP contribution in [0.4, 0.5) is 11.4 Å². The molecule has 2 fully saturated rings. The molecule has 1 aromatic rings. The van der Waals surface area contributed by atoms with E-state index in [4.69, 9.17) is 0 Å². The second kappa shape index (κ2) is 7.85. The molecule has 0 saturated carbocycles. The zero-order valence-electron chi connectivity index (χ0n) is 14.7. The van der Waals surface area contributed by atoms with Crippen molar-refractivity contribution in [2.45, 2.75) is 31.8 Å². The van der Waals surface area contributed by atoms with E-state index in [1.165, 1.54) is 0 Å². The van der Waals surface area contributed by atoms with E-state index in [1.807, 2.05) is 19.2 Å². The van der Waals surface area contributed by atoms with Crippen LogP contribution in [0.15, 0.2) is 18.2 Å². The standard InChI is InChI=1S/C19H26N4O2/c1-22-8-2-3-14(13-22)19(25)21-16-4-5-18(15(11-16)12-20)23-9-6-17(24)7-10-23/h4-5,11,14,17,24H,2-3,6-10,13H2,1H3,(H,21,25). The highest BCUT2D eigenvalue weighted by Crippen LogP contribution is 2.27. The SMILES string of the molecule is CN1CCCC(C(=O)Nc2ccc(N3CCC(O)CC3)c(C#N)c2)C1. The average Bonchev–Trinajstić information content (AvgIpc) is 2.62. The summed E-state index contributed by atoms with van der Waals surface area (Å²) in [5.74, 6) is 0.0387. The van der Waals surface area contributed by atoms with Gasteiger partial charge >= 0.3 is 0 Å². The fourth-order valence-corrected chi connectivity index (χ4v) is 3.71. The van der Waals surface area contributed by atoms with Crippen molar-refractivity contribution in [3.63, 3.8) is 0 Å². The summed E-state index contributed by atoms with van der Waals surface area (Å²) in [4.78, 5) is 16.8. The number of nitrogens with one attached hydrogen (secondary N) is 1. The predicted molar refractivity (Wildman–Crippen MR) is 97.5 cm³/mol. The molecule has 1 amide bonds. The maximum atomic E-state index is 12.5. The number of amides is 1. The van der Waals surface area contributed by atoms with Crippen LogP contribution in [0.5, 0.6) is 0 Å². The monoisotopic (exact) mass is 342 g/mol. The van der Waals surface area contributed by atoms with Crippen molar-refractivity contribution in [1.29, 1.82) is 5.26 Å². The van der Waals surface area contributed by atoms with Gasteiger partial charge in [0.05, 0.1) is 23.3 Å². The van der Waals surface area contributed by atoms with Crippen LogP contribution in [0.2, 0.25) is 0 Å². The second-order valence-electron chi connectivity index (χ2n) is 7.15. The molecule has 1 aromatic carbocycles. The molecule has 25 heavy (non-hydrogen) atoms. The van der Waals surface area contributed by atoms with Crippen LogP contribution in [-0.4, -0.2) is 55.2 Å². The van der Waals surface area contributed by atoms with Gasteiger partial charge in [0.1, 0.15) is 6.07 Å². The van der Waals surface area contributed by atoms with Gasteiger partial charge in [0.15, 0.2) is 0 Å². The van der Waals surface area contributed by atoms with E-state index in [0.717, 1.165) is 57.5 Å². The predicted octanol–water partition coefficient (Wildman–Crippen LogP) is 1.80. The van der Waals surface area contributed by atoms with Crippen LogP contribution in [0.25, 0.3) is 0 Å². The van der Waals surface area contributed by atoms with Crippen LogP contribution in [0, 0.1) is 17.2 Å². The molecule has 134 valence electrons. The molecule has 0 radical (unpaired) electrons. The van der Waals surface area contributed by atoms with Crippen LogP contribution >= 0.6 is 0 Å². The number of nitriles is 1. The van der Waals surface area contributed by atoms with Gasteiger partial charge in [-0.15, -0.1) is 0 Å². The third-order valence-corrected chi connectivity index (χ3v) is 5.18. The Labute approximate surface area is 149 Å². The Balaban J connectivity index is 1.69. The summed E-state index contributed by atoms with van der Waals surface area (Å²) in [7, 11) is 2.04. The van der Waals surface area contributed by atoms with Gasteiger partial charge in [-0.05, 0) is 57.5 Å². The summed E-state index contributed by atoms with van der Waals surface area (Å²) in [6.07, 6.45) is 3.15. The number of hydrogen-bond acceptors (Lipinski definition) is 5. The highest BCUT2D eigenvalue weighted by Gasteiger charge is 2.24. The highest BCUT2D eigenvalue weighted by atomic mass is 16.3. The molecule has 0 aromatic heterocycles. The number of aliphatic hydroxyl groups excluding tert-OH is 1. The van der Waals surface area contributed by atoms with Crippen molar-refractivity contribution in [2.24, 2.45) is 5.92 Å². The first kappa shape index (κ1) is 17.7. The first-order chi connectivity index (χ1) is 12.1. The number of carbonyl (C=O) groups is 1. The summed E-state index contributed by atoms with van der Waals surface area (Å²) in [6, 6.07) is 7.76. The highest BCUT2D eigenvalue weighted by molar-refractivity contribution is 5.93. The molecular weight excluding hydrogens is 316 g/mol. The first-order valence-electron chi connectivity index (χ1n) is 9.03. The zero-order valence-corrected chi connectivity index (χ0v) is 14.7. The Kier molecular flexibility index (Phi) is 5.57. The lowest BCUT2D eigenvalue weighted by molar-refractivity contribution is -0.121. The van der Waals surface area contributed by atoms with Crippen molar-refractivity contribution < 1.29 is 9.90 Å². The van der Waals surface area contributed by atoms with Gasteiger partial charge in [-0.2, -0.15) is 5.26 Å². The van der Waals surface area contributed by atoms with Crippen LogP contribution < -0.4 is 10.2 Å². The molecule has 2 saturated heterocycles. The van der Waals surface area contributed by atoms with Crippen LogP contribution in [0.1, 0.15) is 31.2 Å². The van der Waals surface area contributed by atoms with E-state index >= 15 is 0 Å². The van der Waals surface area contributed by atoms with Gasteiger partial charge < -0.3 is 20.2 Å². The van der Waals surface area contributed by atoms with Gasteiger partial charge in [0.2, 0.25) is 5.91 Å². The lowest BCUT2D eigenvalue weighted by Gasteiger charge is -2.32. The zero-order chi connectivity index (χ0) is 17.8. The minimum Gasteiger partial charge on any atom is -0.393 e. The molecule has 6 nitrogen and oxygen atoms in total. The molecule has 0 bridgehead atoms. The lowest BCUT2D eigenvalue weighted by Crippen LogP contribution is -2.38. The third kappa shape index (κ3) is 4.30. The Morgan fingerprint density at radius 1 is 1.28 bits per heavy atom. The van der Waals surface area contributed by atoms with Crippen LogP contribution in [-0.2, 0) is 4.79 Å². The number of aliphatic hydroxyl groups is 1. The summed E-state index contributed by atoms with van der Waals surface area (Å²) in [5, 5.41) is 22.1. The van der Waals surface area contributed by atoms with Crippen molar-refractivity contribution in [3.8, 4) is 6.07 Å². The summed E-state index contributed by atoms with van der Waals surface area (Å²) in [5.41, 5.74) is 2.12. The molecule has 2 N–H and O–H groups in total. The number of nitrogens with zero attached hydrogens (tertiary/aromatic N) is 3. The van der Waals surface area contributed by atoms with Crippen molar-refractivity contribution >= 4 is 17.3 Å². The van der Waals surface area contributed by atoms with Crippen LogP contribution in [0.3, 0.4) is 0 Å². The summed E-state index contributed by atoms with van der Waals surface area (Å²) >= 11 is 0. The minimum atomic E-state index is -0.242. The minimum absolute atomic E-state index is 0.00699. The Morgan fingerprint density at radius 3 is 2.72 bits per heavy atom.